The van der Waals surface area contributed by atoms with Crippen LogP contribution in [0.15, 0.2) is 0 Å². The van der Waals surface area contributed by atoms with Gasteiger partial charge in [-0.05, 0) is 6.92 Å². The van der Waals surface area contributed by atoms with Crippen LogP contribution in [0.1, 0.15) is 32.6 Å². The molecule has 0 spiro atoms. The first-order valence-electron chi connectivity index (χ1n) is 7.29. The lowest BCUT2D eigenvalue weighted by molar-refractivity contribution is -0.270. The second-order valence-corrected chi connectivity index (χ2v) is 6.03. The monoisotopic (exact) mass is 396 g/mol. The molecule has 0 heterocycles. The lowest BCUT2D eigenvalue weighted by Gasteiger charge is -2.51. The van der Waals surface area contributed by atoms with Crippen molar-refractivity contribution in [3.63, 3.8) is 0 Å². The van der Waals surface area contributed by atoms with Crippen LogP contribution in [0.5, 0.6) is 0 Å². The molecule has 0 aromatic carbocycles. The van der Waals surface area contributed by atoms with Crippen LogP contribution in [0, 0.1) is 0 Å². The van der Waals surface area contributed by atoms with Crippen molar-refractivity contribution in [2.75, 3.05) is 0 Å². The fraction of sp³-hybridized carbons (Fsp3) is 0.643. The zero-order valence-corrected chi connectivity index (χ0v) is 14.0. The molecule has 0 rings (SSSR count). The van der Waals surface area contributed by atoms with Gasteiger partial charge in [0, 0.05) is 0 Å². The van der Waals surface area contributed by atoms with Crippen LogP contribution in [0.4, 0.5) is 0 Å². The molecule has 0 aromatic heterocycles. The first kappa shape index (κ1) is 24.4. The molecule has 0 saturated carbocycles. The topological polar surface area (TPSA) is 247 Å². The van der Waals surface area contributed by atoms with Crippen molar-refractivity contribution in [1.29, 1.82) is 0 Å². The molecule has 0 aliphatic carbocycles. The first-order valence-corrected chi connectivity index (χ1v) is 7.29. The van der Waals surface area contributed by atoms with Gasteiger partial charge in [-0.1, -0.05) is 0 Å². The minimum absolute atomic E-state index is 0.693. The molecule has 0 unspecified atom stereocenters. The lowest BCUT2D eigenvalue weighted by Crippen LogP contribution is -2.75. The predicted molar refractivity (Wildman–Crippen MR) is 80.5 cm³/mol. The van der Waals surface area contributed by atoms with Crippen LogP contribution in [-0.4, -0.2) is 93.4 Å². The Bertz CT molecular complexity index is 641. The number of Topliss-reactive ketones (excluding diaryl/α,β-unsaturated/α-hetero) is 1. The number of aliphatic hydroxyl groups is 4. The van der Waals surface area contributed by atoms with Crippen molar-refractivity contribution in [2.45, 2.75) is 55.5 Å². The van der Waals surface area contributed by atoms with E-state index in [2.05, 4.69) is 0 Å². The molecule has 0 aliphatic rings. The fourth-order valence-corrected chi connectivity index (χ4v) is 2.72. The fourth-order valence-electron chi connectivity index (χ4n) is 2.72. The Kier molecular flexibility index (Phi) is 7.58. The smallest absolute Gasteiger partial charge is 0.310 e. The maximum atomic E-state index is 12.2. The number of carbonyl (C=O) groups is 5. The van der Waals surface area contributed by atoms with E-state index in [1.54, 1.807) is 0 Å². The van der Waals surface area contributed by atoms with Gasteiger partial charge >= 0.3 is 23.9 Å². The second-order valence-electron chi connectivity index (χ2n) is 6.03. The number of aliphatic carboxylic acids is 4. The Morgan fingerprint density at radius 2 is 1.15 bits per heavy atom. The summed E-state index contributed by atoms with van der Waals surface area (Å²) < 4.78 is 0. The van der Waals surface area contributed by atoms with E-state index in [0.717, 1.165) is 0 Å². The minimum atomic E-state index is -3.79. The highest BCUT2D eigenvalue weighted by Crippen LogP contribution is 2.43. The average Bonchev–Trinajstić information content (AvgIpc) is 2.43. The normalized spacial score (nSPS) is 19.0. The molecule has 0 amide bonds. The van der Waals surface area contributed by atoms with Crippen molar-refractivity contribution in [1.82, 2.24) is 0 Å². The van der Waals surface area contributed by atoms with Crippen LogP contribution >= 0.6 is 0 Å². The zero-order valence-electron chi connectivity index (χ0n) is 14.0. The van der Waals surface area contributed by atoms with Gasteiger partial charge in [0.25, 0.3) is 0 Å². The number of ketones is 1. The van der Waals surface area contributed by atoms with Gasteiger partial charge in [0.2, 0.25) is 0 Å². The molecule has 4 atom stereocenters. The van der Waals surface area contributed by atoms with Crippen molar-refractivity contribution in [2.24, 2.45) is 0 Å². The summed E-state index contributed by atoms with van der Waals surface area (Å²) in [5.41, 5.74) is -11.0. The summed E-state index contributed by atoms with van der Waals surface area (Å²) in [6, 6.07) is 0. The highest BCUT2D eigenvalue weighted by Gasteiger charge is 2.68. The summed E-state index contributed by atoms with van der Waals surface area (Å²) in [6.07, 6.45) is -9.07. The molecular weight excluding hydrogens is 376 g/mol. The van der Waals surface area contributed by atoms with E-state index < -0.39 is 78.3 Å². The van der Waals surface area contributed by atoms with Crippen molar-refractivity contribution in [3.8, 4) is 0 Å². The van der Waals surface area contributed by atoms with E-state index in [4.69, 9.17) is 20.4 Å². The maximum absolute atomic E-state index is 12.2. The first-order chi connectivity index (χ1) is 12.0. The molecule has 13 nitrogen and oxygen atoms in total. The second kappa shape index (κ2) is 8.39. The van der Waals surface area contributed by atoms with Gasteiger partial charge in [-0.25, -0.2) is 0 Å². The summed E-state index contributed by atoms with van der Waals surface area (Å²) in [6.45, 7) is 0.693. The van der Waals surface area contributed by atoms with E-state index in [9.17, 15) is 44.4 Å². The molecular formula is C14H20O13. The quantitative estimate of drug-likeness (QED) is 0.154. The van der Waals surface area contributed by atoms with Gasteiger partial charge in [0.15, 0.2) is 11.4 Å². The Morgan fingerprint density at radius 1 is 0.741 bits per heavy atom. The standard InChI is InChI=1S/C14H20O13/c1-6(15)12(25,3-9(19)20)14(27,5-11(23)24)13(26,4-10(21)22)7(16)2-8(17)18/h6,15,25-27H,2-5H2,1H3,(H,17,18)(H,19,20)(H,21,22)(H,23,24)/t6-,12+,13+,14+/m1/s1. The zero-order chi connectivity index (χ0) is 21.8. The van der Waals surface area contributed by atoms with Gasteiger partial charge in [0.05, 0.1) is 25.4 Å². The molecule has 0 saturated heterocycles. The molecule has 154 valence electrons. The summed E-state index contributed by atoms with van der Waals surface area (Å²) in [5, 5.41) is 77.3. The third-order valence-electron chi connectivity index (χ3n) is 4.10. The van der Waals surface area contributed by atoms with Crippen LogP contribution in [0.2, 0.25) is 0 Å². The molecule has 0 radical (unpaired) electrons. The number of hydrogen-bond donors (Lipinski definition) is 8. The summed E-state index contributed by atoms with van der Waals surface area (Å²) in [5.74, 6) is -9.74. The van der Waals surface area contributed by atoms with Crippen molar-refractivity contribution in [3.05, 3.63) is 0 Å². The molecule has 0 aliphatic heterocycles. The number of aliphatic hydroxyl groups excluding tert-OH is 1. The maximum Gasteiger partial charge on any atom is 0.310 e. The highest BCUT2D eigenvalue weighted by atomic mass is 16.4. The SMILES string of the molecule is C[C@@H](O)[C@@](O)(CC(=O)O)[C@@](O)(CC(=O)O)[C@](O)(CC(=O)O)C(=O)CC(=O)O. The summed E-state index contributed by atoms with van der Waals surface area (Å²) in [4.78, 5) is 56.3. The molecule has 8 N–H and O–H groups in total. The van der Waals surface area contributed by atoms with Crippen LogP contribution in [0.25, 0.3) is 0 Å². The molecule has 27 heavy (non-hydrogen) atoms. The van der Waals surface area contributed by atoms with Gasteiger partial charge in [-0.3, -0.25) is 24.0 Å². The highest BCUT2D eigenvalue weighted by molar-refractivity contribution is 6.02. The Balaban J connectivity index is 6.86. The number of carboxylic acid groups (broad SMARTS) is 4. The van der Waals surface area contributed by atoms with Gasteiger partial charge in [-0.2, -0.15) is 0 Å². The van der Waals surface area contributed by atoms with Crippen LogP contribution in [0.3, 0.4) is 0 Å². The van der Waals surface area contributed by atoms with Gasteiger partial charge in [0.1, 0.15) is 17.6 Å². The number of carboxylic acids is 4. The Labute approximate surface area is 151 Å². The van der Waals surface area contributed by atoms with E-state index >= 15 is 0 Å². The third kappa shape index (κ3) is 4.97. The summed E-state index contributed by atoms with van der Waals surface area (Å²) in [7, 11) is 0. The average molecular weight is 396 g/mol. The van der Waals surface area contributed by atoms with E-state index in [1.165, 1.54) is 0 Å². The van der Waals surface area contributed by atoms with Crippen molar-refractivity contribution < 1.29 is 64.8 Å². The number of rotatable bonds is 12. The Morgan fingerprint density at radius 3 is 1.44 bits per heavy atom. The molecule has 0 fully saturated rings. The van der Waals surface area contributed by atoms with Gasteiger partial charge < -0.3 is 40.9 Å². The van der Waals surface area contributed by atoms with Crippen molar-refractivity contribution >= 4 is 29.7 Å². The van der Waals surface area contributed by atoms with E-state index in [0.29, 0.717) is 6.92 Å². The molecule has 0 aromatic rings. The number of hydrogen-bond acceptors (Lipinski definition) is 9. The van der Waals surface area contributed by atoms with Gasteiger partial charge in [-0.15, -0.1) is 0 Å². The van der Waals surface area contributed by atoms with E-state index in [1.807, 2.05) is 0 Å². The summed E-state index contributed by atoms with van der Waals surface area (Å²) >= 11 is 0. The third-order valence-corrected chi connectivity index (χ3v) is 4.10. The van der Waals surface area contributed by atoms with E-state index in [-0.39, 0.29) is 0 Å². The predicted octanol–water partition coefficient (Wildman–Crippen LogP) is -2.97. The Hall–Kier alpha value is -2.61. The molecule has 13 heteroatoms. The van der Waals surface area contributed by atoms with Crippen LogP contribution in [-0.2, 0) is 24.0 Å². The lowest BCUT2D eigenvalue weighted by atomic mass is 9.62. The minimum Gasteiger partial charge on any atom is -0.481 e. The molecule has 0 bridgehead atoms. The number of carbonyl (C=O) groups excluding carboxylic acids is 1. The largest absolute Gasteiger partial charge is 0.481 e. The van der Waals surface area contributed by atoms with Crippen LogP contribution < -0.4 is 0 Å².